The summed E-state index contributed by atoms with van der Waals surface area (Å²) in [7, 11) is 1.65. The molecule has 1 aromatic carbocycles. The number of methoxy groups -OCH3 is 1. The molecule has 0 aliphatic carbocycles. The van der Waals surface area contributed by atoms with Crippen molar-refractivity contribution in [2.24, 2.45) is 0 Å². The van der Waals surface area contributed by atoms with Crippen LogP contribution in [0.3, 0.4) is 0 Å². The van der Waals surface area contributed by atoms with Gasteiger partial charge in [0.05, 0.1) is 12.5 Å². The van der Waals surface area contributed by atoms with E-state index in [0.29, 0.717) is 0 Å². The Morgan fingerprint density at radius 2 is 1.79 bits per heavy atom. The lowest BCUT2D eigenvalue weighted by molar-refractivity contribution is -0.125. The third kappa shape index (κ3) is 5.23. The standard InChI is InChI=1S/C20H32N2O2/c1-20(2,17-9-11-18(24-3)12-10-17)19(23)21-13-5-8-16-22-14-6-4-7-15-22/h9-12H,4-8,13-16H2,1-3H3,(H,21,23). The summed E-state index contributed by atoms with van der Waals surface area (Å²) < 4.78 is 5.18. The minimum Gasteiger partial charge on any atom is -0.497 e. The summed E-state index contributed by atoms with van der Waals surface area (Å²) in [6, 6.07) is 7.75. The molecule has 0 aromatic heterocycles. The van der Waals surface area contributed by atoms with E-state index in [1.165, 1.54) is 32.4 Å². The fraction of sp³-hybridized carbons (Fsp3) is 0.650. The van der Waals surface area contributed by atoms with Crippen molar-refractivity contribution < 1.29 is 9.53 Å². The SMILES string of the molecule is COc1ccc(C(C)(C)C(=O)NCCCCN2CCCCC2)cc1. The number of carbonyl (C=O) groups is 1. The Hall–Kier alpha value is -1.55. The summed E-state index contributed by atoms with van der Waals surface area (Å²) in [5.41, 5.74) is 0.480. The zero-order valence-corrected chi connectivity index (χ0v) is 15.4. The van der Waals surface area contributed by atoms with Crippen LogP contribution in [0.15, 0.2) is 24.3 Å². The Morgan fingerprint density at radius 3 is 2.42 bits per heavy atom. The van der Waals surface area contributed by atoms with Crippen LogP contribution in [0.1, 0.15) is 51.5 Å². The largest absolute Gasteiger partial charge is 0.497 e. The maximum absolute atomic E-state index is 12.5. The van der Waals surface area contributed by atoms with Crippen LogP contribution < -0.4 is 10.1 Å². The van der Waals surface area contributed by atoms with E-state index in [2.05, 4.69) is 10.2 Å². The average molecular weight is 332 g/mol. The fourth-order valence-electron chi connectivity index (χ4n) is 3.21. The Morgan fingerprint density at radius 1 is 1.12 bits per heavy atom. The summed E-state index contributed by atoms with van der Waals surface area (Å²) >= 11 is 0. The van der Waals surface area contributed by atoms with Gasteiger partial charge in [0.2, 0.25) is 5.91 Å². The van der Waals surface area contributed by atoms with E-state index in [9.17, 15) is 4.79 Å². The van der Waals surface area contributed by atoms with E-state index in [4.69, 9.17) is 4.74 Å². The molecule has 1 aliphatic heterocycles. The first kappa shape index (κ1) is 18.8. The van der Waals surface area contributed by atoms with Gasteiger partial charge in [0, 0.05) is 6.54 Å². The molecule has 24 heavy (non-hydrogen) atoms. The van der Waals surface area contributed by atoms with Gasteiger partial charge < -0.3 is 15.0 Å². The van der Waals surface area contributed by atoms with Gasteiger partial charge in [0.1, 0.15) is 5.75 Å². The third-order valence-electron chi connectivity index (χ3n) is 5.01. The number of rotatable bonds is 8. The maximum Gasteiger partial charge on any atom is 0.230 e. The molecule has 1 saturated heterocycles. The number of carbonyl (C=O) groups excluding carboxylic acids is 1. The number of amides is 1. The number of ether oxygens (including phenoxy) is 1. The molecule has 2 rings (SSSR count). The molecule has 0 bridgehead atoms. The maximum atomic E-state index is 12.5. The van der Waals surface area contributed by atoms with Crippen LogP contribution in [0.25, 0.3) is 0 Å². The van der Waals surface area contributed by atoms with Gasteiger partial charge in [-0.2, -0.15) is 0 Å². The topological polar surface area (TPSA) is 41.6 Å². The van der Waals surface area contributed by atoms with Gasteiger partial charge in [0.15, 0.2) is 0 Å². The quantitative estimate of drug-likeness (QED) is 0.742. The highest BCUT2D eigenvalue weighted by atomic mass is 16.5. The molecule has 1 N–H and O–H groups in total. The number of nitrogens with zero attached hydrogens (tertiary/aromatic N) is 1. The van der Waals surface area contributed by atoms with Crippen molar-refractivity contribution in [3.8, 4) is 5.75 Å². The second-order valence-corrected chi connectivity index (χ2v) is 7.22. The van der Waals surface area contributed by atoms with E-state index < -0.39 is 5.41 Å². The molecular formula is C20H32N2O2. The van der Waals surface area contributed by atoms with Crippen LogP contribution in [-0.2, 0) is 10.2 Å². The van der Waals surface area contributed by atoms with E-state index in [-0.39, 0.29) is 5.91 Å². The summed E-state index contributed by atoms with van der Waals surface area (Å²) in [6.07, 6.45) is 6.26. The summed E-state index contributed by atoms with van der Waals surface area (Å²) in [5.74, 6) is 0.901. The Labute approximate surface area is 146 Å². The molecular weight excluding hydrogens is 300 g/mol. The molecule has 0 unspecified atom stereocenters. The Kier molecular flexibility index (Phi) is 7.10. The van der Waals surface area contributed by atoms with Crippen LogP contribution >= 0.6 is 0 Å². The first-order chi connectivity index (χ1) is 11.5. The highest BCUT2D eigenvalue weighted by molar-refractivity contribution is 5.87. The predicted octanol–water partition coefficient (Wildman–Crippen LogP) is 3.36. The van der Waals surface area contributed by atoms with Crippen LogP contribution in [0.5, 0.6) is 5.75 Å². The van der Waals surface area contributed by atoms with Crippen LogP contribution in [0, 0.1) is 0 Å². The second-order valence-electron chi connectivity index (χ2n) is 7.22. The smallest absolute Gasteiger partial charge is 0.230 e. The minimum absolute atomic E-state index is 0.0886. The molecule has 1 aliphatic rings. The number of piperidine rings is 1. The molecule has 1 heterocycles. The summed E-state index contributed by atoms with van der Waals surface area (Å²) in [4.78, 5) is 15.1. The lowest BCUT2D eigenvalue weighted by Gasteiger charge is -2.26. The highest BCUT2D eigenvalue weighted by Gasteiger charge is 2.29. The normalized spacial score (nSPS) is 16.0. The Bertz CT molecular complexity index is 505. The lowest BCUT2D eigenvalue weighted by Crippen LogP contribution is -2.40. The summed E-state index contributed by atoms with van der Waals surface area (Å²) in [6.45, 7) is 8.35. The number of hydrogen-bond donors (Lipinski definition) is 1. The van der Waals surface area contributed by atoms with Crippen molar-refractivity contribution in [1.29, 1.82) is 0 Å². The van der Waals surface area contributed by atoms with Gasteiger partial charge in [-0.3, -0.25) is 4.79 Å². The van der Waals surface area contributed by atoms with Gasteiger partial charge >= 0.3 is 0 Å². The fourth-order valence-corrected chi connectivity index (χ4v) is 3.21. The number of likely N-dealkylation sites (tertiary alicyclic amines) is 1. The molecule has 0 atom stereocenters. The van der Waals surface area contributed by atoms with Gasteiger partial charge in [-0.15, -0.1) is 0 Å². The average Bonchev–Trinajstić information content (AvgIpc) is 2.62. The molecule has 4 nitrogen and oxygen atoms in total. The van der Waals surface area contributed by atoms with Crippen molar-refractivity contribution in [1.82, 2.24) is 10.2 Å². The molecule has 4 heteroatoms. The molecule has 134 valence electrons. The predicted molar refractivity (Wildman–Crippen MR) is 98.6 cm³/mol. The number of nitrogens with one attached hydrogen (secondary N) is 1. The minimum atomic E-state index is -0.529. The van der Waals surface area contributed by atoms with Crippen LogP contribution in [-0.4, -0.2) is 44.1 Å². The first-order valence-electron chi connectivity index (χ1n) is 9.19. The molecule has 1 aromatic rings. The number of unbranched alkanes of at least 4 members (excludes halogenated alkanes) is 1. The van der Waals surface area contributed by atoms with Gasteiger partial charge in [-0.25, -0.2) is 0 Å². The number of benzene rings is 1. The molecule has 0 radical (unpaired) electrons. The van der Waals surface area contributed by atoms with Gasteiger partial charge in [0.25, 0.3) is 0 Å². The molecule has 0 spiro atoms. The lowest BCUT2D eigenvalue weighted by atomic mass is 9.83. The van der Waals surface area contributed by atoms with Crippen molar-refractivity contribution in [3.05, 3.63) is 29.8 Å². The van der Waals surface area contributed by atoms with Crippen molar-refractivity contribution in [2.75, 3.05) is 33.3 Å². The monoisotopic (exact) mass is 332 g/mol. The van der Waals surface area contributed by atoms with Gasteiger partial charge in [-0.05, 0) is 76.9 Å². The van der Waals surface area contributed by atoms with Crippen LogP contribution in [0.2, 0.25) is 0 Å². The molecule has 1 amide bonds. The highest BCUT2D eigenvalue weighted by Crippen LogP contribution is 2.25. The first-order valence-corrected chi connectivity index (χ1v) is 9.19. The van der Waals surface area contributed by atoms with E-state index >= 15 is 0 Å². The zero-order valence-electron chi connectivity index (χ0n) is 15.4. The van der Waals surface area contributed by atoms with Crippen LogP contribution in [0.4, 0.5) is 0 Å². The molecule has 1 fully saturated rings. The Balaban J connectivity index is 1.71. The van der Waals surface area contributed by atoms with E-state index in [0.717, 1.165) is 37.2 Å². The second kappa shape index (κ2) is 9.07. The third-order valence-corrected chi connectivity index (χ3v) is 5.01. The van der Waals surface area contributed by atoms with E-state index in [1.54, 1.807) is 7.11 Å². The zero-order chi connectivity index (χ0) is 17.4. The number of hydrogen-bond acceptors (Lipinski definition) is 3. The molecule has 0 saturated carbocycles. The van der Waals surface area contributed by atoms with Crippen molar-refractivity contribution in [2.45, 2.75) is 51.4 Å². The van der Waals surface area contributed by atoms with E-state index in [1.807, 2.05) is 38.1 Å². The summed E-state index contributed by atoms with van der Waals surface area (Å²) in [5, 5.41) is 3.10. The van der Waals surface area contributed by atoms with Crippen molar-refractivity contribution in [3.63, 3.8) is 0 Å². The van der Waals surface area contributed by atoms with Gasteiger partial charge in [-0.1, -0.05) is 18.6 Å². The van der Waals surface area contributed by atoms with Crippen molar-refractivity contribution >= 4 is 5.91 Å².